The van der Waals surface area contributed by atoms with Crippen LogP contribution in [0, 0.1) is 13.8 Å². The number of aryl methyl sites for hydroxylation is 1. The summed E-state index contributed by atoms with van der Waals surface area (Å²) in [6.45, 7) is 3.70. The van der Waals surface area contributed by atoms with E-state index in [-0.39, 0.29) is 5.95 Å². The topological polar surface area (TPSA) is 51.8 Å². The molecule has 0 aromatic carbocycles. The second-order valence-corrected chi connectivity index (χ2v) is 2.44. The second-order valence-electron chi connectivity index (χ2n) is 2.08. The molecule has 1 heterocycles. The Morgan fingerprint density at radius 3 is 2.40 bits per heavy atom. The van der Waals surface area contributed by atoms with Crippen LogP contribution in [0.25, 0.3) is 0 Å². The molecule has 0 amide bonds. The molecule has 0 bridgehead atoms. The van der Waals surface area contributed by atoms with Crippen molar-refractivity contribution in [1.29, 1.82) is 0 Å². The van der Waals surface area contributed by atoms with Crippen molar-refractivity contribution in [1.82, 2.24) is 9.97 Å². The standard InChI is InChI=1S/C6H8ClN3/c1-3-4(2)9-6(8)10-5(3)7/h1-2H3,(H2,8,9,10). The fraction of sp³-hybridized carbons (Fsp3) is 0.333. The van der Waals surface area contributed by atoms with Crippen LogP contribution in [-0.2, 0) is 0 Å². The van der Waals surface area contributed by atoms with Crippen LogP contribution in [0.15, 0.2) is 0 Å². The Morgan fingerprint density at radius 1 is 1.30 bits per heavy atom. The predicted molar refractivity (Wildman–Crippen MR) is 40.9 cm³/mol. The molecule has 0 unspecified atom stereocenters. The lowest BCUT2D eigenvalue weighted by Crippen LogP contribution is -1.99. The monoisotopic (exact) mass is 157 g/mol. The number of hydrogen-bond donors (Lipinski definition) is 1. The number of halogens is 1. The Labute approximate surface area is 64.2 Å². The van der Waals surface area contributed by atoms with Crippen LogP contribution < -0.4 is 5.73 Å². The molecule has 0 aliphatic carbocycles. The van der Waals surface area contributed by atoms with Crippen molar-refractivity contribution >= 4 is 17.5 Å². The van der Waals surface area contributed by atoms with Gasteiger partial charge in [0.25, 0.3) is 0 Å². The molecule has 0 aliphatic heterocycles. The molecule has 0 radical (unpaired) electrons. The van der Waals surface area contributed by atoms with Crippen LogP contribution in [0.2, 0.25) is 5.15 Å². The van der Waals surface area contributed by atoms with E-state index in [0.717, 1.165) is 11.3 Å². The Morgan fingerprint density at radius 2 is 1.90 bits per heavy atom. The van der Waals surface area contributed by atoms with Gasteiger partial charge < -0.3 is 5.73 Å². The Hall–Kier alpha value is -0.830. The van der Waals surface area contributed by atoms with Crippen LogP contribution in [0.3, 0.4) is 0 Å². The van der Waals surface area contributed by atoms with Crippen LogP contribution in [-0.4, -0.2) is 9.97 Å². The van der Waals surface area contributed by atoms with Crippen molar-refractivity contribution in [3.63, 3.8) is 0 Å². The Kier molecular flexibility index (Phi) is 1.76. The quantitative estimate of drug-likeness (QED) is 0.578. The highest BCUT2D eigenvalue weighted by Gasteiger charge is 2.01. The van der Waals surface area contributed by atoms with E-state index in [0.29, 0.717) is 5.15 Å². The Balaban J connectivity index is 3.31. The van der Waals surface area contributed by atoms with Gasteiger partial charge in [0, 0.05) is 11.3 Å². The minimum atomic E-state index is 0.230. The van der Waals surface area contributed by atoms with E-state index in [1.165, 1.54) is 0 Å². The van der Waals surface area contributed by atoms with Crippen LogP contribution in [0.1, 0.15) is 11.3 Å². The molecule has 0 spiro atoms. The maximum absolute atomic E-state index is 5.69. The lowest BCUT2D eigenvalue weighted by molar-refractivity contribution is 1.08. The van der Waals surface area contributed by atoms with Gasteiger partial charge in [-0.15, -0.1) is 0 Å². The summed E-state index contributed by atoms with van der Waals surface area (Å²) in [5.74, 6) is 0.230. The minimum Gasteiger partial charge on any atom is -0.368 e. The average Bonchev–Trinajstić information content (AvgIpc) is 1.82. The fourth-order valence-electron chi connectivity index (χ4n) is 0.614. The first-order valence-corrected chi connectivity index (χ1v) is 3.25. The van der Waals surface area contributed by atoms with E-state index in [2.05, 4.69) is 9.97 Å². The van der Waals surface area contributed by atoms with Crippen molar-refractivity contribution in [2.24, 2.45) is 0 Å². The maximum Gasteiger partial charge on any atom is 0.221 e. The van der Waals surface area contributed by atoms with Crippen LogP contribution in [0.5, 0.6) is 0 Å². The molecular formula is C6H8ClN3. The van der Waals surface area contributed by atoms with Crippen molar-refractivity contribution in [2.75, 3.05) is 5.73 Å². The zero-order valence-electron chi connectivity index (χ0n) is 5.85. The van der Waals surface area contributed by atoms with E-state index in [1.54, 1.807) is 0 Å². The summed E-state index contributed by atoms with van der Waals surface area (Å²) in [5.41, 5.74) is 7.04. The molecule has 0 aliphatic rings. The number of aromatic nitrogens is 2. The van der Waals surface area contributed by atoms with Gasteiger partial charge in [-0.3, -0.25) is 0 Å². The lowest BCUT2D eigenvalue weighted by atomic mass is 10.3. The minimum absolute atomic E-state index is 0.230. The predicted octanol–water partition coefficient (Wildman–Crippen LogP) is 1.33. The molecule has 0 saturated carbocycles. The highest BCUT2D eigenvalue weighted by molar-refractivity contribution is 6.30. The van der Waals surface area contributed by atoms with E-state index < -0.39 is 0 Å². The summed E-state index contributed by atoms with van der Waals surface area (Å²) in [4.78, 5) is 7.68. The second kappa shape index (κ2) is 2.42. The van der Waals surface area contributed by atoms with Gasteiger partial charge in [-0.05, 0) is 13.8 Å². The fourth-order valence-corrected chi connectivity index (χ4v) is 0.838. The molecule has 1 aromatic rings. The van der Waals surface area contributed by atoms with E-state index in [9.17, 15) is 0 Å². The van der Waals surface area contributed by atoms with Gasteiger partial charge in [-0.2, -0.15) is 0 Å². The molecule has 0 fully saturated rings. The van der Waals surface area contributed by atoms with Gasteiger partial charge in [-0.25, -0.2) is 9.97 Å². The summed E-state index contributed by atoms with van der Waals surface area (Å²) in [7, 11) is 0. The smallest absolute Gasteiger partial charge is 0.221 e. The zero-order chi connectivity index (χ0) is 7.72. The van der Waals surface area contributed by atoms with Crippen LogP contribution in [0.4, 0.5) is 5.95 Å². The van der Waals surface area contributed by atoms with Gasteiger partial charge in [0.15, 0.2) is 0 Å². The summed E-state index contributed by atoms with van der Waals surface area (Å²) >= 11 is 5.69. The molecule has 1 aromatic heterocycles. The molecule has 0 atom stereocenters. The first-order valence-electron chi connectivity index (χ1n) is 2.87. The van der Waals surface area contributed by atoms with Gasteiger partial charge in [0.2, 0.25) is 5.95 Å². The van der Waals surface area contributed by atoms with Crippen molar-refractivity contribution in [3.8, 4) is 0 Å². The number of rotatable bonds is 0. The number of anilines is 1. The zero-order valence-corrected chi connectivity index (χ0v) is 6.61. The first kappa shape index (κ1) is 7.28. The van der Waals surface area contributed by atoms with Gasteiger partial charge in [0.1, 0.15) is 5.15 Å². The van der Waals surface area contributed by atoms with E-state index in [1.807, 2.05) is 13.8 Å². The maximum atomic E-state index is 5.69. The molecule has 4 heteroatoms. The Bertz CT molecular complexity index is 236. The molecule has 1 rings (SSSR count). The molecule has 0 saturated heterocycles. The highest BCUT2D eigenvalue weighted by atomic mass is 35.5. The lowest BCUT2D eigenvalue weighted by Gasteiger charge is -2.00. The van der Waals surface area contributed by atoms with Crippen LogP contribution >= 0.6 is 11.6 Å². The third-order valence-corrected chi connectivity index (χ3v) is 1.72. The summed E-state index contributed by atoms with van der Waals surface area (Å²) in [6, 6.07) is 0. The van der Waals surface area contributed by atoms with Crippen molar-refractivity contribution < 1.29 is 0 Å². The van der Waals surface area contributed by atoms with Gasteiger partial charge in [0.05, 0.1) is 0 Å². The average molecular weight is 158 g/mol. The third-order valence-electron chi connectivity index (χ3n) is 1.35. The SMILES string of the molecule is Cc1nc(N)nc(Cl)c1C. The summed E-state index contributed by atoms with van der Waals surface area (Å²) in [5, 5.41) is 0.435. The van der Waals surface area contributed by atoms with E-state index >= 15 is 0 Å². The summed E-state index contributed by atoms with van der Waals surface area (Å²) < 4.78 is 0. The van der Waals surface area contributed by atoms with Gasteiger partial charge in [-0.1, -0.05) is 11.6 Å². The molecule has 2 N–H and O–H groups in total. The summed E-state index contributed by atoms with van der Waals surface area (Å²) in [6.07, 6.45) is 0. The highest BCUT2D eigenvalue weighted by Crippen LogP contribution is 2.14. The van der Waals surface area contributed by atoms with Crippen molar-refractivity contribution in [2.45, 2.75) is 13.8 Å². The molecular weight excluding hydrogens is 150 g/mol. The molecule has 54 valence electrons. The number of hydrogen-bond acceptors (Lipinski definition) is 3. The molecule has 10 heavy (non-hydrogen) atoms. The van der Waals surface area contributed by atoms with E-state index in [4.69, 9.17) is 17.3 Å². The number of nitrogens with two attached hydrogens (primary N) is 1. The third kappa shape index (κ3) is 1.19. The largest absolute Gasteiger partial charge is 0.368 e. The normalized spacial score (nSPS) is 9.90. The number of nitrogens with zero attached hydrogens (tertiary/aromatic N) is 2. The molecule has 3 nitrogen and oxygen atoms in total. The first-order chi connectivity index (χ1) is 4.61. The van der Waals surface area contributed by atoms with Gasteiger partial charge >= 0.3 is 0 Å². The van der Waals surface area contributed by atoms with Crippen molar-refractivity contribution in [3.05, 3.63) is 16.4 Å². The number of nitrogen functional groups attached to an aromatic ring is 1.